The number of carbonyl (C=O) groups excluding carboxylic acids is 1. The average molecular weight is 421 g/mol. The largest absolute Gasteiger partial charge is 0.497 e. The van der Waals surface area contributed by atoms with Crippen LogP contribution < -0.4 is 14.4 Å². The zero-order valence-electron chi connectivity index (χ0n) is 17.6. The lowest BCUT2D eigenvalue weighted by Gasteiger charge is -2.25. The van der Waals surface area contributed by atoms with Crippen molar-refractivity contribution < 1.29 is 19.0 Å². The molecule has 0 fully saturated rings. The molecule has 0 aliphatic rings. The van der Waals surface area contributed by atoms with E-state index < -0.39 is 5.97 Å². The number of methoxy groups -OCH3 is 3. The highest BCUT2D eigenvalue weighted by atomic mass is 16.5. The van der Waals surface area contributed by atoms with Gasteiger partial charge < -0.3 is 19.1 Å². The van der Waals surface area contributed by atoms with Gasteiger partial charge in [-0.25, -0.2) is 9.78 Å². The van der Waals surface area contributed by atoms with Gasteiger partial charge in [0.2, 0.25) is 0 Å². The summed E-state index contributed by atoms with van der Waals surface area (Å²) in [5.74, 6) is 1.39. The first-order chi connectivity index (χ1) is 15.1. The quantitative estimate of drug-likeness (QED) is 0.371. The number of pyridine rings is 1. The zero-order valence-corrected chi connectivity index (χ0v) is 17.6. The van der Waals surface area contributed by atoms with Crippen LogP contribution in [0.1, 0.15) is 21.5 Å². The van der Waals surface area contributed by atoms with Crippen molar-refractivity contribution in [2.45, 2.75) is 13.1 Å². The fraction of sp³-hybridized carbons (Fsp3) is 0.217. The minimum Gasteiger partial charge on any atom is -0.497 e. The molecule has 0 atom stereocenters. The van der Waals surface area contributed by atoms with Crippen LogP contribution >= 0.6 is 0 Å². The predicted octanol–water partition coefficient (Wildman–Crippen LogP) is 4.49. The van der Waals surface area contributed by atoms with E-state index in [0.717, 1.165) is 22.6 Å². The fourth-order valence-electron chi connectivity index (χ4n) is 3.08. The van der Waals surface area contributed by atoms with E-state index in [1.54, 1.807) is 14.2 Å². The minimum atomic E-state index is -0.646. The van der Waals surface area contributed by atoms with Crippen LogP contribution in [0.15, 0.2) is 66.0 Å². The summed E-state index contributed by atoms with van der Waals surface area (Å²) in [7, 11) is 4.49. The molecule has 160 valence electrons. The number of benzene rings is 2. The van der Waals surface area contributed by atoms with Crippen LogP contribution in [-0.4, -0.2) is 32.3 Å². The Kier molecular flexibility index (Phi) is 7.16. The van der Waals surface area contributed by atoms with E-state index >= 15 is 0 Å². The normalized spacial score (nSPS) is 10.3. The monoisotopic (exact) mass is 421 g/mol. The van der Waals surface area contributed by atoms with E-state index in [1.807, 2.05) is 53.4 Å². The molecule has 0 saturated heterocycles. The summed E-state index contributed by atoms with van der Waals surface area (Å²) in [6.07, 6.45) is 1.28. The highest BCUT2D eigenvalue weighted by molar-refractivity contribution is 5.95. The van der Waals surface area contributed by atoms with E-state index in [4.69, 9.17) is 14.2 Å². The molecule has 0 aliphatic heterocycles. The van der Waals surface area contributed by atoms with Crippen LogP contribution in [0.25, 0.3) is 0 Å². The highest BCUT2D eigenvalue weighted by Gasteiger charge is 2.18. The Balaban J connectivity index is 1.97. The Labute approximate surface area is 180 Å². The number of hydrogen-bond donors (Lipinski definition) is 0. The molecule has 2 aromatic carbocycles. The van der Waals surface area contributed by atoms with Gasteiger partial charge in [-0.3, -0.25) is 0 Å². The Bertz CT molecular complexity index is 987. The van der Waals surface area contributed by atoms with E-state index in [9.17, 15) is 9.70 Å². The fourth-order valence-corrected chi connectivity index (χ4v) is 3.08. The summed E-state index contributed by atoms with van der Waals surface area (Å²) in [6.45, 7) is 1.02. The summed E-state index contributed by atoms with van der Waals surface area (Å²) in [4.78, 5) is 29.6. The number of ether oxygens (including phenoxy) is 3. The Morgan fingerprint density at radius 1 is 0.903 bits per heavy atom. The van der Waals surface area contributed by atoms with Crippen LogP contribution in [0.3, 0.4) is 0 Å². The number of anilines is 1. The maximum atomic E-state index is 12.1. The summed E-state index contributed by atoms with van der Waals surface area (Å²) < 4.78 is 15.2. The van der Waals surface area contributed by atoms with Crippen molar-refractivity contribution in [2.75, 3.05) is 26.2 Å². The molecule has 0 radical (unpaired) electrons. The van der Waals surface area contributed by atoms with Crippen molar-refractivity contribution in [3.63, 3.8) is 0 Å². The molecule has 1 aromatic heterocycles. The molecule has 31 heavy (non-hydrogen) atoms. The molecule has 8 heteroatoms. The zero-order chi connectivity index (χ0) is 22.2. The number of aromatic nitrogens is 1. The van der Waals surface area contributed by atoms with Crippen LogP contribution in [0.4, 0.5) is 11.5 Å². The third-order valence-corrected chi connectivity index (χ3v) is 4.76. The second-order valence-corrected chi connectivity index (χ2v) is 6.69. The van der Waals surface area contributed by atoms with Crippen molar-refractivity contribution in [1.29, 1.82) is 0 Å². The second-order valence-electron chi connectivity index (χ2n) is 6.69. The molecular formula is C23H23N3O5. The summed E-state index contributed by atoms with van der Waals surface area (Å²) in [5.41, 5.74) is 2.04. The van der Waals surface area contributed by atoms with Gasteiger partial charge in [0.1, 0.15) is 23.0 Å². The average Bonchev–Trinajstić information content (AvgIpc) is 2.83. The van der Waals surface area contributed by atoms with Crippen LogP contribution in [0.5, 0.6) is 11.5 Å². The van der Waals surface area contributed by atoms with Crippen molar-refractivity contribution in [3.05, 3.63) is 82.4 Å². The number of rotatable bonds is 9. The first-order valence-electron chi connectivity index (χ1n) is 9.50. The van der Waals surface area contributed by atoms with Gasteiger partial charge in [-0.2, -0.15) is 0 Å². The molecule has 0 amide bonds. The molecule has 3 aromatic rings. The SMILES string of the molecule is COC(=O)c1cc(N(Cc2ccc(OC)cc2)Cc2ccc(OC)cc2)ncc1N=O. The molecular weight excluding hydrogens is 398 g/mol. The van der Waals surface area contributed by atoms with Crippen molar-refractivity contribution in [2.24, 2.45) is 5.18 Å². The van der Waals surface area contributed by atoms with Crippen molar-refractivity contribution in [3.8, 4) is 11.5 Å². The van der Waals surface area contributed by atoms with Crippen LogP contribution in [0, 0.1) is 4.91 Å². The number of esters is 1. The van der Waals surface area contributed by atoms with Crippen molar-refractivity contribution >= 4 is 17.5 Å². The van der Waals surface area contributed by atoms with Gasteiger partial charge in [-0.15, -0.1) is 4.91 Å². The number of hydrogen-bond acceptors (Lipinski definition) is 8. The number of nitroso groups, excluding NO2 is 1. The Morgan fingerprint density at radius 2 is 1.42 bits per heavy atom. The van der Waals surface area contributed by atoms with Gasteiger partial charge in [0, 0.05) is 13.1 Å². The smallest absolute Gasteiger partial charge is 0.340 e. The van der Waals surface area contributed by atoms with E-state index in [2.05, 4.69) is 10.2 Å². The van der Waals surface area contributed by atoms with Gasteiger partial charge in [0.05, 0.1) is 33.1 Å². The lowest BCUT2D eigenvalue weighted by molar-refractivity contribution is 0.0601. The minimum absolute atomic E-state index is 0.0653. The van der Waals surface area contributed by atoms with Gasteiger partial charge >= 0.3 is 5.97 Å². The van der Waals surface area contributed by atoms with E-state index in [1.165, 1.54) is 19.4 Å². The van der Waals surface area contributed by atoms with Crippen LogP contribution in [-0.2, 0) is 17.8 Å². The number of carbonyl (C=O) groups is 1. The van der Waals surface area contributed by atoms with Gasteiger partial charge in [0.25, 0.3) is 0 Å². The molecule has 0 N–H and O–H groups in total. The van der Waals surface area contributed by atoms with E-state index in [0.29, 0.717) is 18.9 Å². The molecule has 0 saturated carbocycles. The third-order valence-electron chi connectivity index (χ3n) is 4.76. The molecule has 3 rings (SSSR count). The maximum Gasteiger partial charge on any atom is 0.340 e. The topological polar surface area (TPSA) is 90.3 Å². The predicted molar refractivity (Wildman–Crippen MR) is 117 cm³/mol. The molecule has 0 bridgehead atoms. The molecule has 0 unspecified atom stereocenters. The maximum absolute atomic E-state index is 12.1. The lowest BCUT2D eigenvalue weighted by Crippen LogP contribution is -2.23. The lowest BCUT2D eigenvalue weighted by atomic mass is 10.1. The summed E-state index contributed by atoms with van der Waals surface area (Å²) in [6, 6.07) is 16.9. The first-order valence-corrected chi connectivity index (χ1v) is 9.50. The standard InChI is InChI=1S/C23H23N3O5/c1-29-18-8-4-16(5-9-18)14-26(15-17-6-10-19(30-2)11-7-17)22-12-20(23(27)31-3)21(25-28)13-24-22/h4-13H,14-15H2,1-3H3. The van der Waals surface area contributed by atoms with Gasteiger partial charge in [-0.05, 0) is 46.6 Å². The second kappa shape index (κ2) is 10.2. The molecule has 8 nitrogen and oxygen atoms in total. The molecule has 1 heterocycles. The summed E-state index contributed by atoms with van der Waals surface area (Å²) >= 11 is 0. The van der Waals surface area contributed by atoms with Crippen molar-refractivity contribution in [1.82, 2.24) is 4.98 Å². The Morgan fingerprint density at radius 3 is 1.84 bits per heavy atom. The van der Waals surface area contributed by atoms with Gasteiger partial charge in [-0.1, -0.05) is 24.3 Å². The third kappa shape index (κ3) is 5.36. The van der Waals surface area contributed by atoms with Gasteiger partial charge in [0.15, 0.2) is 0 Å². The van der Waals surface area contributed by atoms with E-state index in [-0.39, 0.29) is 11.3 Å². The Hall–Kier alpha value is -3.94. The molecule has 0 aliphatic carbocycles. The summed E-state index contributed by atoms with van der Waals surface area (Å²) in [5, 5.41) is 2.89. The molecule has 0 spiro atoms. The first kappa shape index (κ1) is 21.8. The number of nitrogens with zero attached hydrogens (tertiary/aromatic N) is 3. The highest BCUT2D eigenvalue weighted by Crippen LogP contribution is 2.26. The van der Waals surface area contributed by atoms with Crippen LogP contribution in [0.2, 0.25) is 0 Å².